The van der Waals surface area contributed by atoms with Crippen molar-refractivity contribution >= 4 is 17.6 Å². The lowest BCUT2D eigenvalue weighted by atomic mass is 9.89. The maximum atomic E-state index is 12.7. The predicted octanol–water partition coefficient (Wildman–Crippen LogP) is 3.44. The van der Waals surface area contributed by atoms with E-state index in [1.165, 1.54) is 12.1 Å². The highest BCUT2D eigenvalue weighted by Crippen LogP contribution is 2.32. The Labute approximate surface area is 166 Å². The Morgan fingerprint density at radius 2 is 1.83 bits per heavy atom. The smallest absolute Gasteiger partial charge is 0.338 e. The van der Waals surface area contributed by atoms with E-state index in [-0.39, 0.29) is 23.5 Å². The number of anilines is 1. The van der Waals surface area contributed by atoms with Gasteiger partial charge in [-0.25, -0.2) is 5.43 Å². The summed E-state index contributed by atoms with van der Waals surface area (Å²) >= 11 is 0. The maximum Gasteiger partial charge on any atom is 0.416 e. The van der Waals surface area contributed by atoms with E-state index in [1.54, 1.807) is 11.8 Å². The predicted molar refractivity (Wildman–Crippen MR) is 102 cm³/mol. The number of nitrogens with zero attached hydrogens (tertiary/aromatic N) is 5. The molecule has 1 aliphatic rings. The van der Waals surface area contributed by atoms with Crippen LogP contribution in [0.2, 0.25) is 0 Å². The molecule has 0 unspecified atom stereocenters. The SMILES string of the molecule is C/C(=N\Nc1nn[nH]n1)C(=O)N1CCC(c2ccc(C(F)(F)F)cc2)CC1.CC. The lowest BCUT2D eigenvalue weighted by Crippen LogP contribution is -2.41. The molecule has 2 N–H and O–H groups in total. The van der Waals surface area contributed by atoms with E-state index in [1.807, 2.05) is 13.8 Å². The highest BCUT2D eigenvalue weighted by Gasteiger charge is 2.31. The van der Waals surface area contributed by atoms with E-state index in [9.17, 15) is 18.0 Å². The molecule has 8 nitrogen and oxygen atoms in total. The lowest BCUT2D eigenvalue weighted by Gasteiger charge is -2.32. The Morgan fingerprint density at radius 3 is 2.34 bits per heavy atom. The Hall–Kier alpha value is -2.98. The molecule has 0 saturated carbocycles. The molecule has 1 fully saturated rings. The summed E-state index contributed by atoms with van der Waals surface area (Å²) in [5.41, 5.74) is 2.99. The van der Waals surface area contributed by atoms with Gasteiger partial charge in [-0.1, -0.05) is 31.1 Å². The van der Waals surface area contributed by atoms with E-state index < -0.39 is 11.7 Å². The minimum absolute atomic E-state index is 0.131. The highest BCUT2D eigenvalue weighted by atomic mass is 19.4. The number of nitrogens with one attached hydrogen (secondary N) is 2. The fraction of sp³-hybridized carbons (Fsp3) is 0.500. The van der Waals surface area contributed by atoms with Crippen LogP contribution in [0, 0.1) is 0 Å². The van der Waals surface area contributed by atoms with Crippen molar-refractivity contribution in [2.24, 2.45) is 5.10 Å². The first kappa shape index (κ1) is 22.3. The van der Waals surface area contributed by atoms with Crippen LogP contribution in [0.25, 0.3) is 0 Å². The maximum absolute atomic E-state index is 12.7. The molecule has 0 spiro atoms. The summed E-state index contributed by atoms with van der Waals surface area (Å²) in [7, 11) is 0. The average Bonchev–Trinajstić information content (AvgIpc) is 3.26. The Balaban J connectivity index is 0.00000145. The molecular formula is C18H24F3N7O. The van der Waals surface area contributed by atoms with Crippen LogP contribution in [0.15, 0.2) is 29.4 Å². The van der Waals surface area contributed by atoms with Gasteiger partial charge in [-0.05, 0) is 48.6 Å². The number of aromatic nitrogens is 4. The summed E-state index contributed by atoms with van der Waals surface area (Å²) < 4.78 is 38.0. The van der Waals surface area contributed by atoms with Gasteiger partial charge in [0, 0.05) is 13.1 Å². The van der Waals surface area contributed by atoms with Crippen LogP contribution < -0.4 is 5.43 Å². The van der Waals surface area contributed by atoms with Gasteiger partial charge in [-0.2, -0.15) is 23.5 Å². The minimum atomic E-state index is -4.33. The number of amides is 1. The molecule has 158 valence electrons. The number of aromatic amines is 1. The first-order valence-corrected chi connectivity index (χ1v) is 9.35. The van der Waals surface area contributed by atoms with Crippen molar-refractivity contribution in [3.8, 4) is 0 Å². The second kappa shape index (κ2) is 9.99. The number of rotatable bonds is 4. The van der Waals surface area contributed by atoms with Crippen molar-refractivity contribution in [2.45, 2.75) is 45.7 Å². The molecule has 1 aromatic heterocycles. The normalized spacial score (nSPS) is 15.5. The molecule has 3 rings (SSSR count). The van der Waals surface area contributed by atoms with Gasteiger partial charge in [0.15, 0.2) is 0 Å². The Kier molecular flexibility index (Phi) is 7.68. The topological polar surface area (TPSA) is 99.2 Å². The number of likely N-dealkylation sites (tertiary alicyclic amines) is 1. The molecule has 0 aliphatic carbocycles. The quantitative estimate of drug-likeness (QED) is 0.593. The van der Waals surface area contributed by atoms with Crippen LogP contribution in [0.4, 0.5) is 19.1 Å². The summed E-state index contributed by atoms with van der Waals surface area (Å²) in [6, 6.07) is 5.25. The zero-order chi connectivity index (χ0) is 21.4. The number of H-pyrrole nitrogens is 1. The number of piperidine rings is 1. The summed E-state index contributed by atoms with van der Waals surface area (Å²) in [5.74, 6) is 0.0751. The van der Waals surface area contributed by atoms with Crippen LogP contribution in [0.5, 0.6) is 0 Å². The third-order valence-corrected chi connectivity index (χ3v) is 4.47. The third-order valence-electron chi connectivity index (χ3n) is 4.47. The number of tetrazole rings is 1. The van der Waals surface area contributed by atoms with Gasteiger partial charge in [0.2, 0.25) is 0 Å². The number of hydrogen-bond donors (Lipinski definition) is 2. The molecule has 0 atom stereocenters. The van der Waals surface area contributed by atoms with Crippen LogP contribution in [-0.4, -0.2) is 50.2 Å². The van der Waals surface area contributed by atoms with E-state index in [2.05, 4.69) is 31.2 Å². The third kappa shape index (κ3) is 6.00. The molecular weight excluding hydrogens is 387 g/mol. The summed E-state index contributed by atoms with van der Waals surface area (Å²) in [6.45, 7) is 6.61. The van der Waals surface area contributed by atoms with Crippen LogP contribution in [-0.2, 0) is 11.0 Å². The lowest BCUT2D eigenvalue weighted by molar-refractivity contribution is -0.137. The fourth-order valence-corrected chi connectivity index (χ4v) is 2.98. The van der Waals surface area contributed by atoms with E-state index in [4.69, 9.17) is 0 Å². The van der Waals surface area contributed by atoms with Gasteiger partial charge >= 0.3 is 6.18 Å². The number of hydrazone groups is 1. The molecule has 1 aromatic carbocycles. The van der Waals surface area contributed by atoms with Crippen molar-refractivity contribution in [1.82, 2.24) is 25.5 Å². The van der Waals surface area contributed by atoms with E-state index in [0.29, 0.717) is 25.9 Å². The molecule has 0 bridgehead atoms. The van der Waals surface area contributed by atoms with E-state index >= 15 is 0 Å². The number of hydrogen-bond acceptors (Lipinski definition) is 6. The Bertz CT molecular complexity index is 796. The number of carbonyl (C=O) groups excluding carboxylic acids is 1. The standard InChI is InChI=1S/C16H18F3N7O.C2H6/c1-10(20-21-15-22-24-25-23-15)14(27)26-8-6-12(7-9-26)11-2-4-13(5-3-11)16(17,18)19;1-2/h2-5,12H,6-9H2,1H3,(H2,21,22,23,24,25);1-2H3/b20-10+;. The van der Waals surface area contributed by atoms with Gasteiger partial charge in [0.25, 0.3) is 11.9 Å². The van der Waals surface area contributed by atoms with E-state index in [0.717, 1.165) is 17.7 Å². The molecule has 1 aliphatic heterocycles. The fourth-order valence-electron chi connectivity index (χ4n) is 2.98. The van der Waals surface area contributed by atoms with Gasteiger partial charge < -0.3 is 4.90 Å². The molecule has 29 heavy (non-hydrogen) atoms. The molecule has 2 heterocycles. The largest absolute Gasteiger partial charge is 0.416 e. The van der Waals surface area contributed by atoms with Gasteiger partial charge in [-0.15, -0.1) is 5.10 Å². The molecule has 1 amide bonds. The van der Waals surface area contributed by atoms with Crippen LogP contribution >= 0.6 is 0 Å². The van der Waals surface area contributed by atoms with Crippen molar-refractivity contribution in [3.63, 3.8) is 0 Å². The zero-order valence-electron chi connectivity index (χ0n) is 16.5. The second-order valence-corrected chi connectivity index (χ2v) is 6.23. The van der Waals surface area contributed by atoms with Crippen molar-refractivity contribution in [3.05, 3.63) is 35.4 Å². The number of alkyl halides is 3. The van der Waals surface area contributed by atoms with Gasteiger partial charge in [0.1, 0.15) is 5.71 Å². The van der Waals surface area contributed by atoms with Crippen LogP contribution in [0.3, 0.4) is 0 Å². The first-order chi connectivity index (χ1) is 13.8. The molecule has 0 radical (unpaired) electrons. The minimum Gasteiger partial charge on any atom is -0.338 e. The number of benzene rings is 1. The second-order valence-electron chi connectivity index (χ2n) is 6.23. The highest BCUT2D eigenvalue weighted by molar-refractivity contribution is 6.37. The first-order valence-electron chi connectivity index (χ1n) is 9.35. The zero-order valence-corrected chi connectivity index (χ0v) is 16.5. The molecule has 2 aromatic rings. The molecule has 11 heteroatoms. The van der Waals surface area contributed by atoms with Gasteiger partial charge in [0.05, 0.1) is 5.56 Å². The van der Waals surface area contributed by atoms with Crippen molar-refractivity contribution in [1.29, 1.82) is 0 Å². The summed E-state index contributed by atoms with van der Waals surface area (Å²) in [6.07, 6.45) is -2.97. The summed E-state index contributed by atoms with van der Waals surface area (Å²) in [4.78, 5) is 14.1. The number of carbonyl (C=O) groups is 1. The number of halogens is 3. The van der Waals surface area contributed by atoms with Crippen LogP contribution in [0.1, 0.15) is 50.7 Å². The van der Waals surface area contributed by atoms with Gasteiger partial charge in [-0.3, -0.25) is 4.79 Å². The Morgan fingerprint density at radius 1 is 1.21 bits per heavy atom. The van der Waals surface area contributed by atoms with Crippen molar-refractivity contribution < 1.29 is 18.0 Å². The monoisotopic (exact) mass is 411 g/mol. The molecule has 1 saturated heterocycles. The summed E-state index contributed by atoms with van der Waals surface area (Å²) in [5, 5.41) is 16.9. The van der Waals surface area contributed by atoms with Crippen molar-refractivity contribution in [2.75, 3.05) is 18.5 Å². The average molecular weight is 411 g/mol.